The van der Waals surface area contributed by atoms with Crippen LogP contribution in [0.3, 0.4) is 0 Å². The SMILES string of the molecule is COc1cc2c(cc1OC)[C@H]1CCCC[C@@H]1NC2=O. The van der Waals surface area contributed by atoms with Crippen molar-refractivity contribution in [3.8, 4) is 11.5 Å². The van der Waals surface area contributed by atoms with Crippen LogP contribution in [0.5, 0.6) is 11.5 Å². The Kier molecular flexibility index (Phi) is 3.09. The average molecular weight is 261 g/mol. The molecule has 1 amide bonds. The summed E-state index contributed by atoms with van der Waals surface area (Å²) >= 11 is 0. The van der Waals surface area contributed by atoms with Gasteiger partial charge in [0, 0.05) is 17.5 Å². The van der Waals surface area contributed by atoms with E-state index in [1.54, 1.807) is 20.3 Å². The first kappa shape index (κ1) is 12.3. The van der Waals surface area contributed by atoms with Gasteiger partial charge in [-0.15, -0.1) is 0 Å². The third kappa shape index (κ3) is 1.95. The molecule has 4 nitrogen and oxygen atoms in total. The van der Waals surface area contributed by atoms with E-state index in [4.69, 9.17) is 9.47 Å². The number of hydrogen-bond donors (Lipinski definition) is 1. The molecule has 4 heteroatoms. The van der Waals surface area contributed by atoms with Gasteiger partial charge in [-0.1, -0.05) is 12.8 Å². The molecule has 0 aromatic heterocycles. The molecule has 19 heavy (non-hydrogen) atoms. The summed E-state index contributed by atoms with van der Waals surface area (Å²) in [6, 6.07) is 4.07. The third-order valence-electron chi connectivity index (χ3n) is 4.28. The van der Waals surface area contributed by atoms with E-state index in [1.807, 2.05) is 6.07 Å². The highest BCUT2D eigenvalue weighted by Crippen LogP contribution is 2.42. The predicted octanol–water partition coefficient (Wildman–Crippen LogP) is 2.47. The monoisotopic (exact) mass is 261 g/mol. The Morgan fingerprint density at radius 1 is 1.11 bits per heavy atom. The predicted molar refractivity (Wildman–Crippen MR) is 72.0 cm³/mol. The molecule has 1 fully saturated rings. The normalized spacial score (nSPS) is 25.1. The Bertz CT molecular complexity index is 512. The number of fused-ring (bicyclic) bond motifs is 3. The van der Waals surface area contributed by atoms with Gasteiger partial charge in [0.15, 0.2) is 11.5 Å². The van der Waals surface area contributed by atoms with Crippen LogP contribution in [-0.2, 0) is 0 Å². The number of rotatable bonds is 2. The van der Waals surface area contributed by atoms with E-state index < -0.39 is 0 Å². The number of carbonyl (C=O) groups excluding carboxylic acids is 1. The molecule has 1 aliphatic carbocycles. The zero-order valence-corrected chi connectivity index (χ0v) is 11.4. The lowest BCUT2D eigenvalue weighted by Crippen LogP contribution is -2.45. The fourth-order valence-electron chi connectivity index (χ4n) is 3.32. The maximum absolute atomic E-state index is 12.2. The summed E-state index contributed by atoms with van der Waals surface area (Å²) in [4.78, 5) is 12.2. The highest BCUT2D eigenvalue weighted by Gasteiger charge is 2.36. The molecule has 1 aromatic rings. The van der Waals surface area contributed by atoms with E-state index in [2.05, 4.69) is 5.32 Å². The largest absolute Gasteiger partial charge is 0.493 e. The van der Waals surface area contributed by atoms with E-state index in [0.717, 1.165) is 24.0 Å². The number of hydrogen-bond acceptors (Lipinski definition) is 3. The lowest BCUT2D eigenvalue weighted by Gasteiger charge is -2.37. The Labute approximate surface area is 113 Å². The molecule has 0 spiro atoms. The smallest absolute Gasteiger partial charge is 0.251 e. The average Bonchev–Trinajstić information content (AvgIpc) is 2.46. The van der Waals surface area contributed by atoms with Gasteiger partial charge < -0.3 is 14.8 Å². The van der Waals surface area contributed by atoms with Crippen LogP contribution in [0.1, 0.15) is 47.5 Å². The Morgan fingerprint density at radius 3 is 2.53 bits per heavy atom. The zero-order valence-electron chi connectivity index (χ0n) is 11.4. The first-order valence-electron chi connectivity index (χ1n) is 6.81. The van der Waals surface area contributed by atoms with Crippen molar-refractivity contribution in [1.82, 2.24) is 5.32 Å². The number of benzene rings is 1. The van der Waals surface area contributed by atoms with Crippen molar-refractivity contribution in [1.29, 1.82) is 0 Å². The summed E-state index contributed by atoms with van der Waals surface area (Å²) in [6.07, 6.45) is 4.63. The van der Waals surface area contributed by atoms with Gasteiger partial charge in [0.2, 0.25) is 0 Å². The van der Waals surface area contributed by atoms with Crippen molar-refractivity contribution in [2.45, 2.75) is 37.6 Å². The summed E-state index contributed by atoms with van der Waals surface area (Å²) < 4.78 is 10.6. The minimum absolute atomic E-state index is 0.0131. The van der Waals surface area contributed by atoms with Crippen LogP contribution in [0.4, 0.5) is 0 Å². The van der Waals surface area contributed by atoms with Gasteiger partial charge in [0.25, 0.3) is 5.91 Å². The summed E-state index contributed by atoms with van der Waals surface area (Å²) in [5.74, 6) is 1.76. The van der Waals surface area contributed by atoms with Gasteiger partial charge >= 0.3 is 0 Å². The van der Waals surface area contributed by atoms with Crippen LogP contribution in [0.2, 0.25) is 0 Å². The minimum Gasteiger partial charge on any atom is -0.493 e. The fourth-order valence-corrected chi connectivity index (χ4v) is 3.32. The van der Waals surface area contributed by atoms with Gasteiger partial charge in [-0.05, 0) is 30.5 Å². The van der Waals surface area contributed by atoms with E-state index in [9.17, 15) is 4.79 Å². The number of methoxy groups -OCH3 is 2. The third-order valence-corrected chi connectivity index (χ3v) is 4.28. The second-order valence-corrected chi connectivity index (χ2v) is 5.27. The van der Waals surface area contributed by atoms with Crippen LogP contribution in [0.25, 0.3) is 0 Å². The molecular weight excluding hydrogens is 242 g/mol. The summed E-state index contributed by atoms with van der Waals surface area (Å²) in [6.45, 7) is 0. The van der Waals surface area contributed by atoms with Gasteiger partial charge in [-0.3, -0.25) is 4.79 Å². The van der Waals surface area contributed by atoms with Gasteiger partial charge in [0.1, 0.15) is 0 Å². The van der Waals surface area contributed by atoms with Crippen molar-refractivity contribution >= 4 is 5.91 Å². The Hall–Kier alpha value is -1.71. The number of nitrogens with one attached hydrogen (secondary N) is 1. The standard InChI is InChI=1S/C15H19NO3/c1-18-13-7-10-9-5-3-4-6-12(9)16-15(17)11(10)8-14(13)19-2/h7-9,12H,3-6H2,1-2H3,(H,16,17)/t9-,12+/m1/s1. The molecule has 1 aromatic carbocycles. The molecule has 1 saturated carbocycles. The Balaban J connectivity index is 2.10. The summed E-state index contributed by atoms with van der Waals surface area (Å²) in [5.41, 5.74) is 1.85. The quantitative estimate of drug-likeness (QED) is 0.889. The minimum atomic E-state index is 0.0131. The maximum Gasteiger partial charge on any atom is 0.251 e. The van der Waals surface area contributed by atoms with Crippen molar-refractivity contribution in [3.63, 3.8) is 0 Å². The van der Waals surface area contributed by atoms with Crippen LogP contribution >= 0.6 is 0 Å². The lowest BCUT2D eigenvalue weighted by molar-refractivity contribution is 0.0900. The molecule has 2 atom stereocenters. The van der Waals surface area contributed by atoms with Gasteiger partial charge in [0.05, 0.1) is 14.2 Å². The molecular formula is C15H19NO3. The van der Waals surface area contributed by atoms with Crippen LogP contribution in [0, 0.1) is 0 Å². The molecule has 1 heterocycles. The van der Waals surface area contributed by atoms with Crippen LogP contribution in [-0.4, -0.2) is 26.2 Å². The molecule has 1 aliphatic heterocycles. The van der Waals surface area contributed by atoms with Gasteiger partial charge in [-0.25, -0.2) is 0 Å². The van der Waals surface area contributed by atoms with Crippen LogP contribution in [0.15, 0.2) is 12.1 Å². The van der Waals surface area contributed by atoms with Gasteiger partial charge in [-0.2, -0.15) is 0 Å². The molecule has 0 unspecified atom stereocenters. The topological polar surface area (TPSA) is 47.6 Å². The van der Waals surface area contributed by atoms with E-state index in [0.29, 0.717) is 17.4 Å². The first-order chi connectivity index (χ1) is 9.24. The summed E-state index contributed by atoms with van der Waals surface area (Å²) in [7, 11) is 3.22. The van der Waals surface area contributed by atoms with Crippen molar-refractivity contribution in [2.24, 2.45) is 0 Å². The number of ether oxygens (including phenoxy) is 2. The summed E-state index contributed by atoms with van der Waals surface area (Å²) in [5, 5.41) is 3.13. The maximum atomic E-state index is 12.2. The number of amides is 1. The molecule has 0 saturated heterocycles. The van der Waals surface area contributed by atoms with E-state index in [-0.39, 0.29) is 11.9 Å². The first-order valence-corrected chi connectivity index (χ1v) is 6.81. The lowest BCUT2D eigenvalue weighted by atomic mass is 9.75. The second kappa shape index (κ2) is 4.76. The molecule has 102 valence electrons. The molecule has 0 radical (unpaired) electrons. The highest BCUT2D eigenvalue weighted by molar-refractivity contribution is 5.98. The Morgan fingerprint density at radius 2 is 1.79 bits per heavy atom. The van der Waals surface area contributed by atoms with Crippen molar-refractivity contribution < 1.29 is 14.3 Å². The number of carbonyl (C=O) groups is 1. The molecule has 1 N–H and O–H groups in total. The fraction of sp³-hybridized carbons (Fsp3) is 0.533. The van der Waals surface area contributed by atoms with E-state index >= 15 is 0 Å². The highest BCUT2D eigenvalue weighted by atomic mass is 16.5. The molecule has 2 aliphatic rings. The van der Waals surface area contributed by atoms with Crippen molar-refractivity contribution in [3.05, 3.63) is 23.3 Å². The molecule has 3 rings (SSSR count). The second-order valence-electron chi connectivity index (χ2n) is 5.27. The zero-order chi connectivity index (χ0) is 13.4. The van der Waals surface area contributed by atoms with E-state index in [1.165, 1.54) is 12.8 Å². The molecule has 0 bridgehead atoms. The van der Waals surface area contributed by atoms with Crippen molar-refractivity contribution in [2.75, 3.05) is 14.2 Å². The van der Waals surface area contributed by atoms with Crippen LogP contribution < -0.4 is 14.8 Å².